The van der Waals surface area contributed by atoms with Crippen molar-refractivity contribution in [2.45, 2.75) is 12.5 Å². The van der Waals surface area contributed by atoms with Gasteiger partial charge in [0.2, 0.25) is 0 Å². The molecular weight excluding hydrogens is 80.0 g/mol. The Hall–Kier alpha value is -0.590. The lowest BCUT2D eigenvalue weighted by molar-refractivity contribution is 0.291. The second kappa shape index (κ2) is 0.934. The van der Waals surface area contributed by atoms with E-state index in [2.05, 4.69) is 0 Å². The average Bonchev–Trinajstić information content (AvgIpc) is 2.19. The van der Waals surface area contributed by atoms with Gasteiger partial charge in [0.05, 0.1) is 6.10 Å². The Labute approximate surface area is 35.1 Å². The lowest BCUT2D eigenvalue weighted by atomic mass is 10.7. The van der Waals surface area contributed by atoms with E-state index in [4.69, 9.17) is 5.11 Å². The standard InChI is InChI=1S/C4H4O2/c5-2-3-1-4(3)6/h4,6H,1H2. The molecule has 0 spiro atoms. The van der Waals surface area contributed by atoms with Crippen molar-refractivity contribution in [2.75, 3.05) is 0 Å². The zero-order valence-corrected chi connectivity index (χ0v) is 3.14. The second-order valence-electron chi connectivity index (χ2n) is 1.35. The van der Waals surface area contributed by atoms with Gasteiger partial charge in [-0.1, -0.05) is 0 Å². The molecule has 0 bridgehead atoms. The van der Waals surface area contributed by atoms with Crippen LogP contribution in [0.25, 0.3) is 0 Å². The van der Waals surface area contributed by atoms with Gasteiger partial charge in [0.25, 0.3) is 0 Å². The third-order valence-corrected chi connectivity index (χ3v) is 0.786. The molecule has 0 saturated heterocycles. The number of hydrogen-bond acceptors (Lipinski definition) is 2. The van der Waals surface area contributed by atoms with Crippen molar-refractivity contribution in [2.24, 2.45) is 0 Å². The third kappa shape index (κ3) is 0.361. The Kier molecular flexibility index (Phi) is 0.560. The first-order valence-corrected chi connectivity index (χ1v) is 1.76. The highest BCUT2D eigenvalue weighted by Crippen LogP contribution is 2.24. The van der Waals surface area contributed by atoms with Crippen molar-refractivity contribution < 1.29 is 9.90 Å². The van der Waals surface area contributed by atoms with Crippen LogP contribution < -0.4 is 0 Å². The monoisotopic (exact) mass is 84.0 g/mol. The zero-order valence-electron chi connectivity index (χ0n) is 3.14. The molecule has 0 aromatic heterocycles. The Morgan fingerprint density at radius 1 is 2.00 bits per heavy atom. The maximum absolute atomic E-state index is 9.46. The summed E-state index contributed by atoms with van der Waals surface area (Å²) in [6.07, 6.45) is 0.103. The fraction of sp³-hybridized carbons (Fsp3) is 0.500. The normalized spacial score (nSPS) is 29.5. The van der Waals surface area contributed by atoms with Crippen LogP contribution in [0.3, 0.4) is 0 Å². The van der Waals surface area contributed by atoms with Crippen molar-refractivity contribution in [1.82, 2.24) is 0 Å². The largest absolute Gasteiger partial charge is 0.388 e. The van der Waals surface area contributed by atoms with E-state index in [1.807, 2.05) is 0 Å². The molecular formula is C4H4O2. The summed E-state index contributed by atoms with van der Waals surface area (Å²) in [5.41, 5.74) is 0.509. The summed E-state index contributed by atoms with van der Waals surface area (Å²) >= 11 is 0. The lowest BCUT2D eigenvalue weighted by Crippen LogP contribution is -1.70. The molecule has 1 N–H and O–H groups in total. The van der Waals surface area contributed by atoms with E-state index >= 15 is 0 Å². The number of aliphatic hydroxyl groups excluding tert-OH is 1. The van der Waals surface area contributed by atoms with Gasteiger partial charge in [-0.2, -0.15) is 0 Å². The van der Waals surface area contributed by atoms with Crippen LogP contribution in [0.15, 0.2) is 5.57 Å². The predicted molar refractivity (Wildman–Crippen MR) is 19.8 cm³/mol. The minimum atomic E-state index is -0.442. The predicted octanol–water partition coefficient (Wildman–Crippen LogP) is -0.491. The van der Waals surface area contributed by atoms with Gasteiger partial charge in [0.15, 0.2) is 0 Å². The van der Waals surface area contributed by atoms with Crippen molar-refractivity contribution in [3.63, 3.8) is 0 Å². The molecule has 0 aromatic rings. The van der Waals surface area contributed by atoms with E-state index in [0.717, 1.165) is 0 Å². The summed E-state index contributed by atoms with van der Waals surface area (Å²) in [4.78, 5) is 9.46. The van der Waals surface area contributed by atoms with Gasteiger partial charge in [-0.15, -0.1) is 0 Å². The fourth-order valence-electron chi connectivity index (χ4n) is 0.259. The highest BCUT2D eigenvalue weighted by molar-refractivity contribution is 5.60. The molecule has 0 radical (unpaired) electrons. The van der Waals surface area contributed by atoms with Crippen LogP contribution in [0.5, 0.6) is 0 Å². The lowest BCUT2D eigenvalue weighted by Gasteiger charge is -1.59. The van der Waals surface area contributed by atoms with Crippen LogP contribution in [0.4, 0.5) is 0 Å². The van der Waals surface area contributed by atoms with E-state index in [1.54, 1.807) is 5.94 Å². The summed E-state index contributed by atoms with van der Waals surface area (Å²) < 4.78 is 0. The van der Waals surface area contributed by atoms with Crippen LogP contribution in [0.1, 0.15) is 6.42 Å². The Morgan fingerprint density at radius 2 is 2.50 bits per heavy atom. The van der Waals surface area contributed by atoms with Gasteiger partial charge in [-0.3, -0.25) is 0 Å². The van der Waals surface area contributed by atoms with Gasteiger partial charge in [-0.25, -0.2) is 4.79 Å². The van der Waals surface area contributed by atoms with Gasteiger partial charge in [0.1, 0.15) is 5.94 Å². The zero-order chi connectivity index (χ0) is 4.57. The maximum atomic E-state index is 9.46. The fourth-order valence-corrected chi connectivity index (χ4v) is 0.259. The summed E-state index contributed by atoms with van der Waals surface area (Å²) in [5.74, 6) is 1.61. The van der Waals surface area contributed by atoms with Crippen LogP contribution in [-0.2, 0) is 4.79 Å². The van der Waals surface area contributed by atoms with Gasteiger partial charge in [-0.05, 0) is 0 Å². The van der Waals surface area contributed by atoms with Gasteiger partial charge >= 0.3 is 0 Å². The third-order valence-electron chi connectivity index (χ3n) is 0.786. The van der Waals surface area contributed by atoms with Crippen molar-refractivity contribution in [3.8, 4) is 0 Å². The number of carbonyl (C=O) groups excluding carboxylic acids is 1. The first-order valence-electron chi connectivity index (χ1n) is 1.76. The van der Waals surface area contributed by atoms with Crippen molar-refractivity contribution in [3.05, 3.63) is 5.57 Å². The second-order valence-corrected chi connectivity index (χ2v) is 1.35. The van der Waals surface area contributed by atoms with E-state index < -0.39 is 6.10 Å². The molecule has 0 aliphatic heterocycles. The van der Waals surface area contributed by atoms with Crippen molar-refractivity contribution in [1.29, 1.82) is 0 Å². The minimum absolute atomic E-state index is 0.442. The summed E-state index contributed by atoms with van der Waals surface area (Å²) in [6, 6.07) is 0. The average molecular weight is 84.1 g/mol. The van der Waals surface area contributed by atoms with Crippen LogP contribution >= 0.6 is 0 Å². The minimum Gasteiger partial charge on any atom is -0.388 e. The molecule has 0 amide bonds. The first kappa shape index (κ1) is 3.59. The number of aliphatic hydroxyl groups is 1. The molecule has 1 unspecified atom stereocenters. The first-order chi connectivity index (χ1) is 2.84. The molecule has 2 nitrogen and oxygen atoms in total. The molecule has 1 saturated carbocycles. The molecule has 1 aliphatic rings. The van der Waals surface area contributed by atoms with Crippen LogP contribution in [-0.4, -0.2) is 17.2 Å². The van der Waals surface area contributed by atoms with E-state index in [9.17, 15) is 4.79 Å². The molecule has 32 valence electrons. The Morgan fingerprint density at radius 3 is 2.50 bits per heavy atom. The highest BCUT2D eigenvalue weighted by Gasteiger charge is 2.27. The van der Waals surface area contributed by atoms with Crippen LogP contribution in [0.2, 0.25) is 0 Å². The molecule has 6 heavy (non-hydrogen) atoms. The highest BCUT2D eigenvalue weighted by atomic mass is 16.3. The molecule has 0 aromatic carbocycles. The molecule has 1 aliphatic carbocycles. The Bertz CT molecular complexity index is 111. The molecule has 1 atom stereocenters. The van der Waals surface area contributed by atoms with E-state index in [1.165, 1.54) is 0 Å². The Balaban J connectivity index is 2.67. The number of rotatable bonds is 0. The summed E-state index contributed by atoms with van der Waals surface area (Å²) in [7, 11) is 0. The maximum Gasteiger partial charge on any atom is 0.126 e. The van der Waals surface area contributed by atoms with E-state index in [0.29, 0.717) is 12.0 Å². The molecule has 2 heteroatoms. The van der Waals surface area contributed by atoms with E-state index in [-0.39, 0.29) is 0 Å². The topological polar surface area (TPSA) is 37.3 Å². The number of hydrogen-bond donors (Lipinski definition) is 1. The van der Waals surface area contributed by atoms with Crippen LogP contribution in [0, 0.1) is 0 Å². The molecule has 1 fully saturated rings. The summed E-state index contributed by atoms with van der Waals surface area (Å²) in [6.45, 7) is 0. The molecule has 0 heterocycles. The van der Waals surface area contributed by atoms with Crippen molar-refractivity contribution >= 4 is 5.94 Å². The van der Waals surface area contributed by atoms with Gasteiger partial charge in [0, 0.05) is 12.0 Å². The SMILES string of the molecule is O=C=C1CC1O. The van der Waals surface area contributed by atoms with Gasteiger partial charge < -0.3 is 5.11 Å². The smallest absolute Gasteiger partial charge is 0.126 e. The molecule has 1 rings (SSSR count). The summed E-state index contributed by atoms with van der Waals surface area (Å²) in [5, 5.41) is 8.33. The quantitative estimate of drug-likeness (QED) is 0.402.